The van der Waals surface area contributed by atoms with Crippen LogP contribution in [0.2, 0.25) is 0 Å². The van der Waals surface area contributed by atoms with Crippen molar-refractivity contribution in [2.45, 2.75) is 45.6 Å². The van der Waals surface area contributed by atoms with Gasteiger partial charge in [-0.15, -0.1) is 11.3 Å². The molecule has 0 N–H and O–H groups in total. The Balaban J connectivity index is 1.83. The quantitative estimate of drug-likeness (QED) is 0.719. The molecule has 3 aromatic rings. The maximum absolute atomic E-state index is 4.81. The third kappa shape index (κ3) is 2.75. The van der Waals surface area contributed by atoms with Crippen LogP contribution >= 0.6 is 11.3 Å². The average molecular weight is 339 g/mol. The van der Waals surface area contributed by atoms with E-state index in [2.05, 4.69) is 32.8 Å². The third-order valence-corrected chi connectivity index (χ3v) is 5.72. The first-order valence-electron chi connectivity index (χ1n) is 8.57. The highest BCUT2D eigenvalue weighted by molar-refractivity contribution is 7.18. The molecule has 4 heterocycles. The molecule has 5 nitrogen and oxygen atoms in total. The van der Waals surface area contributed by atoms with Gasteiger partial charge in [0.05, 0.1) is 11.4 Å². The maximum Gasteiger partial charge on any atom is 0.150 e. The number of thiophene rings is 1. The smallest absolute Gasteiger partial charge is 0.150 e. The molecule has 6 heteroatoms. The Morgan fingerprint density at radius 3 is 2.83 bits per heavy atom. The van der Waals surface area contributed by atoms with Gasteiger partial charge in [-0.3, -0.25) is 0 Å². The maximum atomic E-state index is 4.81. The number of piperidine rings is 1. The fourth-order valence-electron chi connectivity index (χ4n) is 3.39. The summed E-state index contributed by atoms with van der Waals surface area (Å²) in [7, 11) is 0. The summed E-state index contributed by atoms with van der Waals surface area (Å²) in [6, 6.07) is 4.32. The highest BCUT2D eigenvalue weighted by Crippen LogP contribution is 2.38. The van der Waals surface area contributed by atoms with E-state index < -0.39 is 0 Å². The Morgan fingerprint density at radius 1 is 1.21 bits per heavy atom. The lowest BCUT2D eigenvalue weighted by atomic mass is 10.0. The first-order valence-corrected chi connectivity index (χ1v) is 9.38. The number of hydrogen-bond acceptors (Lipinski definition) is 6. The molecule has 1 fully saturated rings. The summed E-state index contributed by atoms with van der Waals surface area (Å²) in [6.07, 6.45) is 8.14. The van der Waals surface area contributed by atoms with E-state index in [-0.39, 0.29) is 6.04 Å². The van der Waals surface area contributed by atoms with Crippen molar-refractivity contribution in [2.24, 2.45) is 0 Å². The van der Waals surface area contributed by atoms with Gasteiger partial charge >= 0.3 is 0 Å². The molecule has 1 atom stereocenters. The van der Waals surface area contributed by atoms with Crippen LogP contribution in [0.15, 0.2) is 24.5 Å². The van der Waals surface area contributed by atoms with Crippen molar-refractivity contribution in [2.75, 3.05) is 11.4 Å². The first-order chi connectivity index (χ1) is 11.8. The molecule has 3 aromatic heterocycles. The standard InChI is InChI=1S/C18H21N5S/c1-3-13-11-14-17(21-12(2)22-18(14)24-13)23-10-5-4-7-15(23)16-19-8-6-9-20-16/h6,8-9,11,15H,3-5,7,10H2,1-2H3. The van der Waals surface area contributed by atoms with Crippen LogP contribution in [0.5, 0.6) is 0 Å². The molecule has 1 saturated heterocycles. The molecule has 0 aliphatic carbocycles. The Labute approximate surface area is 145 Å². The lowest BCUT2D eigenvalue weighted by Crippen LogP contribution is -2.35. The number of anilines is 1. The van der Waals surface area contributed by atoms with Gasteiger partial charge in [0, 0.05) is 23.8 Å². The molecule has 24 heavy (non-hydrogen) atoms. The zero-order chi connectivity index (χ0) is 16.5. The summed E-state index contributed by atoms with van der Waals surface area (Å²) >= 11 is 1.78. The molecule has 1 aliphatic heterocycles. The van der Waals surface area contributed by atoms with E-state index in [4.69, 9.17) is 4.98 Å². The number of rotatable bonds is 3. The molecule has 0 radical (unpaired) electrons. The third-order valence-electron chi connectivity index (χ3n) is 4.54. The number of aryl methyl sites for hydroxylation is 2. The van der Waals surface area contributed by atoms with Crippen molar-refractivity contribution in [1.29, 1.82) is 0 Å². The largest absolute Gasteiger partial charge is 0.346 e. The van der Waals surface area contributed by atoms with Crippen LogP contribution in [0.25, 0.3) is 10.2 Å². The Kier molecular flexibility index (Phi) is 4.14. The molecule has 1 aliphatic rings. The van der Waals surface area contributed by atoms with Gasteiger partial charge in [0.15, 0.2) is 5.82 Å². The van der Waals surface area contributed by atoms with E-state index in [0.717, 1.165) is 41.7 Å². The van der Waals surface area contributed by atoms with Crippen molar-refractivity contribution in [3.05, 3.63) is 41.1 Å². The fraction of sp³-hybridized carbons (Fsp3) is 0.444. The lowest BCUT2D eigenvalue weighted by Gasteiger charge is -2.36. The topological polar surface area (TPSA) is 54.8 Å². The van der Waals surface area contributed by atoms with E-state index in [1.165, 1.54) is 23.1 Å². The minimum absolute atomic E-state index is 0.197. The van der Waals surface area contributed by atoms with Crippen molar-refractivity contribution < 1.29 is 0 Å². The molecule has 0 spiro atoms. The number of nitrogens with zero attached hydrogens (tertiary/aromatic N) is 5. The van der Waals surface area contributed by atoms with Crippen LogP contribution in [0.3, 0.4) is 0 Å². The SMILES string of the molecule is CCc1cc2c(N3CCCCC3c3ncccn3)nc(C)nc2s1. The molecule has 0 saturated carbocycles. The second-order valence-electron chi connectivity index (χ2n) is 6.19. The highest BCUT2D eigenvalue weighted by atomic mass is 32.1. The zero-order valence-electron chi connectivity index (χ0n) is 14.1. The normalized spacial score (nSPS) is 18.2. The minimum atomic E-state index is 0.197. The van der Waals surface area contributed by atoms with Crippen molar-refractivity contribution >= 4 is 27.4 Å². The van der Waals surface area contributed by atoms with Gasteiger partial charge in [0.1, 0.15) is 16.5 Å². The Morgan fingerprint density at radius 2 is 2.04 bits per heavy atom. The average Bonchev–Trinajstić information content (AvgIpc) is 3.05. The van der Waals surface area contributed by atoms with Gasteiger partial charge in [0.2, 0.25) is 0 Å². The van der Waals surface area contributed by atoms with Gasteiger partial charge in [-0.2, -0.15) is 0 Å². The van der Waals surface area contributed by atoms with Crippen molar-refractivity contribution in [3.63, 3.8) is 0 Å². The zero-order valence-corrected chi connectivity index (χ0v) is 14.9. The summed E-state index contributed by atoms with van der Waals surface area (Å²) in [5, 5.41) is 1.17. The van der Waals surface area contributed by atoms with Crippen molar-refractivity contribution in [3.8, 4) is 0 Å². The van der Waals surface area contributed by atoms with Crippen LogP contribution in [0.4, 0.5) is 5.82 Å². The van der Waals surface area contributed by atoms with E-state index >= 15 is 0 Å². The molecule has 1 unspecified atom stereocenters. The second-order valence-corrected chi connectivity index (χ2v) is 7.31. The number of aromatic nitrogens is 4. The molecule has 0 aromatic carbocycles. The van der Waals surface area contributed by atoms with E-state index in [1.807, 2.05) is 25.4 Å². The molecule has 0 amide bonds. The van der Waals surface area contributed by atoms with E-state index in [9.17, 15) is 0 Å². The Hall–Kier alpha value is -2.08. The number of hydrogen-bond donors (Lipinski definition) is 0. The second kappa shape index (κ2) is 6.43. The number of fused-ring (bicyclic) bond motifs is 1. The van der Waals surface area contributed by atoms with Crippen LogP contribution in [-0.2, 0) is 6.42 Å². The predicted octanol–water partition coefficient (Wildman–Crippen LogP) is 4.08. The summed E-state index contributed by atoms with van der Waals surface area (Å²) in [5.74, 6) is 2.78. The summed E-state index contributed by atoms with van der Waals surface area (Å²) in [6.45, 7) is 5.16. The summed E-state index contributed by atoms with van der Waals surface area (Å²) in [4.78, 5) is 23.3. The molecule has 124 valence electrons. The highest BCUT2D eigenvalue weighted by Gasteiger charge is 2.29. The monoisotopic (exact) mass is 339 g/mol. The molecular weight excluding hydrogens is 318 g/mol. The van der Waals surface area contributed by atoms with Crippen LogP contribution < -0.4 is 4.90 Å². The summed E-state index contributed by atoms with van der Waals surface area (Å²) < 4.78 is 0. The summed E-state index contributed by atoms with van der Waals surface area (Å²) in [5.41, 5.74) is 0. The minimum Gasteiger partial charge on any atom is -0.346 e. The molecular formula is C18H21N5S. The first kappa shape index (κ1) is 15.4. The predicted molar refractivity (Wildman–Crippen MR) is 97.5 cm³/mol. The van der Waals surface area contributed by atoms with E-state index in [0.29, 0.717) is 0 Å². The fourth-order valence-corrected chi connectivity index (χ4v) is 4.40. The van der Waals surface area contributed by atoms with Crippen LogP contribution in [0.1, 0.15) is 48.8 Å². The van der Waals surface area contributed by atoms with Gasteiger partial charge in [-0.25, -0.2) is 19.9 Å². The molecule has 4 rings (SSSR count). The van der Waals surface area contributed by atoms with Crippen LogP contribution in [0, 0.1) is 6.92 Å². The van der Waals surface area contributed by atoms with Crippen molar-refractivity contribution in [1.82, 2.24) is 19.9 Å². The van der Waals surface area contributed by atoms with E-state index in [1.54, 1.807) is 11.3 Å². The van der Waals surface area contributed by atoms with Crippen LogP contribution in [-0.4, -0.2) is 26.5 Å². The van der Waals surface area contributed by atoms with Gasteiger partial charge < -0.3 is 4.90 Å². The van der Waals surface area contributed by atoms with Gasteiger partial charge in [0.25, 0.3) is 0 Å². The molecule has 0 bridgehead atoms. The van der Waals surface area contributed by atoms with Gasteiger partial charge in [-0.1, -0.05) is 6.92 Å². The lowest BCUT2D eigenvalue weighted by molar-refractivity contribution is 0.453. The van der Waals surface area contributed by atoms with Gasteiger partial charge in [-0.05, 0) is 44.7 Å². The Bertz CT molecular complexity index is 845.